The third-order valence-electron chi connectivity index (χ3n) is 4.11. The Hall–Kier alpha value is -2.67. The highest BCUT2D eigenvalue weighted by atomic mass is 16.2. The van der Waals surface area contributed by atoms with Crippen LogP contribution in [-0.4, -0.2) is 41.0 Å². The van der Waals surface area contributed by atoms with Gasteiger partial charge in [0, 0.05) is 32.2 Å². The average molecular weight is 327 g/mol. The van der Waals surface area contributed by atoms with Crippen LogP contribution in [0.4, 0.5) is 0 Å². The second kappa shape index (κ2) is 6.84. The van der Waals surface area contributed by atoms with Gasteiger partial charge in [-0.3, -0.25) is 9.59 Å². The molecule has 0 fully saturated rings. The van der Waals surface area contributed by atoms with Crippen LogP contribution in [0.5, 0.6) is 0 Å². The number of nitrogens with zero attached hydrogens (tertiary/aromatic N) is 2. The minimum absolute atomic E-state index is 0.238. The molecule has 3 N–H and O–H groups in total. The molecular weight excluding hydrogens is 306 g/mol. The molecule has 0 unspecified atom stereocenters. The van der Waals surface area contributed by atoms with E-state index in [4.69, 9.17) is 0 Å². The maximum Gasteiger partial charge on any atom is 0.272 e. The van der Waals surface area contributed by atoms with Gasteiger partial charge in [0.25, 0.3) is 5.91 Å². The van der Waals surface area contributed by atoms with Crippen molar-refractivity contribution >= 4 is 11.8 Å². The Morgan fingerprint density at radius 3 is 2.75 bits per heavy atom. The summed E-state index contributed by atoms with van der Waals surface area (Å²) in [5.41, 5.74) is 2.19. The van der Waals surface area contributed by atoms with E-state index in [0.717, 1.165) is 30.2 Å². The second-order valence-electron chi connectivity index (χ2n) is 5.73. The van der Waals surface area contributed by atoms with Crippen molar-refractivity contribution in [2.24, 2.45) is 0 Å². The molecule has 1 aliphatic rings. The zero-order chi connectivity index (χ0) is 17.1. The number of carbonyl (C=O) groups is 2. The van der Waals surface area contributed by atoms with Crippen molar-refractivity contribution in [3.05, 3.63) is 41.7 Å². The Morgan fingerprint density at radius 1 is 1.29 bits per heavy atom. The van der Waals surface area contributed by atoms with Crippen LogP contribution in [0.2, 0.25) is 0 Å². The predicted molar refractivity (Wildman–Crippen MR) is 90.4 cm³/mol. The number of nitrogens with one attached hydrogen (secondary N) is 3. The standard InChI is InChI=1S/C17H21N5O2/c1-11(16(23)18-2)20-17(24)14-13-10-19-8-9-22(13)15(21-14)12-6-4-3-5-7-12/h3-7,11,19H,8-10H2,1-2H3,(H,18,23)(H,20,24)/t11-/m0/s1. The van der Waals surface area contributed by atoms with Gasteiger partial charge in [0.1, 0.15) is 11.9 Å². The molecule has 2 aromatic rings. The number of likely N-dealkylation sites (N-methyl/N-ethyl adjacent to an activating group) is 1. The Balaban J connectivity index is 1.95. The van der Waals surface area contributed by atoms with Gasteiger partial charge in [-0.1, -0.05) is 30.3 Å². The first kappa shape index (κ1) is 16.2. The molecule has 126 valence electrons. The Labute approximate surface area is 140 Å². The highest BCUT2D eigenvalue weighted by Gasteiger charge is 2.26. The van der Waals surface area contributed by atoms with E-state index in [9.17, 15) is 9.59 Å². The van der Waals surface area contributed by atoms with Crippen molar-refractivity contribution in [1.82, 2.24) is 25.5 Å². The normalized spacial score (nSPS) is 14.6. The fourth-order valence-electron chi connectivity index (χ4n) is 2.84. The predicted octanol–water partition coefficient (Wildman–Crippen LogP) is 0.518. The lowest BCUT2D eigenvalue weighted by molar-refractivity contribution is -0.122. The van der Waals surface area contributed by atoms with Crippen LogP contribution < -0.4 is 16.0 Å². The summed E-state index contributed by atoms with van der Waals surface area (Å²) in [4.78, 5) is 28.8. The molecule has 0 radical (unpaired) electrons. The number of imidazole rings is 1. The van der Waals surface area contributed by atoms with Crippen LogP contribution >= 0.6 is 0 Å². The lowest BCUT2D eigenvalue weighted by atomic mass is 10.2. The molecular formula is C17H21N5O2. The number of amides is 2. The fraction of sp³-hybridized carbons (Fsp3) is 0.353. The van der Waals surface area contributed by atoms with Crippen LogP contribution in [0, 0.1) is 0 Å². The molecule has 1 aromatic heterocycles. The molecule has 0 saturated heterocycles. The van der Waals surface area contributed by atoms with Crippen molar-refractivity contribution < 1.29 is 9.59 Å². The smallest absolute Gasteiger partial charge is 0.272 e. The summed E-state index contributed by atoms with van der Waals surface area (Å²) in [6.45, 7) is 3.82. The summed E-state index contributed by atoms with van der Waals surface area (Å²) in [6, 6.07) is 9.19. The van der Waals surface area contributed by atoms with E-state index in [2.05, 4.69) is 25.5 Å². The van der Waals surface area contributed by atoms with Crippen LogP contribution in [0.1, 0.15) is 23.1 Å². The van der Waals surface area contributed by atoms with Gasteiger partial charge in [-0.05, 0) is 6.92 Å². The summed E-state index contributed by atoms with van der Waals surface area (Å²) < 4.78 is 2.07. The molecule has 3 rings (SSSR count). The molecule has 0 aliphatic carbocycles. The summed E-state index contributed by atoms with van der Waals surface area (Å²) in [5, 5.41) is 8.50. The molecule has 0 saturated carbocycles. The van der Waals surface area contributed by atoms with Gasteiger partial charge < -0.3 is 20.5 Å². The van der Waals surface area contributed by atoms with Gasteiger partial charge >= 0.3 is 0 Å². The third kappa shape index (κ3) is 3.03. The van der Waals surface area contributed by atoms with Gasteiger partial charge in [0.2, 0.25) is 5.91 Å². The van der Waals surface area contributed by atoms with Crippen molar-refractivity contribution in [3.63, 3.8) is 0 Å². The number of carbonyl (C=O) groups excluding carboxylic acids is 2. The first-order chi connectivity index (χ1) is 11.6. The van der Waals surface area contributed by atoms with Crippen molar-refractivity contribution in [1.29, 1.82) is 0 Å². The maximum atomic E-state index is 12.6. The zero-order valence-corrected chi connectivity index (χ0v) is 13.8. The Morgan fingerprint density at radius 2 is 2.04 bits per heavy atom. The van der Waals surface area contributed by atoms with Crippen LogP contribution in [-0.2, 0) is 17.9 Å². The molecule has 0 spiro atoms. The summed E-state index contributed by atoms with van der Waals surface area (Å²) in [6.07, 6.45) is 0. The summed E-state index contributed by atoms with van der Waals surface area (Å²) in [5.74, 6) is 0.211. The maximum absolute atomic E-state index is 12.6. The van der Waals surface area contributed by atoms with Gasteiger partial charge in [0.15, 0.2) is 5.69 Å². The van der Waals surface area contributed by atoms with E-state index in [1.807, 2.05) is 30.3 Å². The van der Waals surface area contributed by atoms with Crippen LogP contribution in [0.3, 0.4) is 0 Å². The first-order valence-electron chi connectivity index (χ1n) is 7.99. The molecule has 2 amide bonds. The number of aromatic nitrogens is 2. The number of fused-ring (bicyclic) bond motifs is 1. The molecule has 7 nitrogen and oxygen atoms in total. The van der Waals surface area contributed by atoms with Gasteiger partial charge in [-0.15, -0.1) is 0 Å². The number of rotatable bonds is 4. The molecule has 24 heavy (non-hydrogen) atoms. The quantitative estimate of drug-likeness (QED) is 0.764. The van der Waals surface area contributed by atoms with Gasteiger partial charge in [-0.2, -0.15) is 0 Å². The lowest BCUT2D eigenvalue weighted by Crippen LogP contribution is -2.44. The van der Waals surface area contributed by atoms with E-state index in [0.29, 0.717) is 12.2 Å². The molecule has 7 heteroatoms. The first-order valence-corrected chi connectivity index (χ1v) is 7.99. The van der Waals surface area contributed by atoms with E-state index in [1.165, 1.54) is 0 Å². The SMILES string of the molecule is CNC(=O)[C@H](C)NC(=O)c1nc(-c2ccccc2)n2c1CNCC2. The van der Waals surface area contributed by atoms with E-state index in [1.54, 1.807) is 14.0 Å². The molecule has 1 aliphatic heterocycles. The van der Waals surface area contributed by atoms with Crippen LogP contribution in [0.25, 0.3) is 11.4 Å². The second-order valence-corrected chi connectivity index (χ2v) is 5.73. The Bertz CT molecular complexity index is 754. The van der Waals surface area contributed by atoms with Crippen molar-refractivity contribution in [2.45, 2.75) is 26.1 Å². The van der Waals surface area contributed by atoms with E-state index in [-0.39, 0.29) is 11.8 Å². The summed E-state index contributed by atoms with van der Waals surface area (Å²) >= 11 is 0. The van der Waals surface area contributed by atoms with E-state index < -0.39 is 6.04 Å². The van der Waals surface area contributed by atoms with Crippen molar-refractivity contribution in [3.8, 4) is 11.4 Å². The van der Waals surface area contributed by atoms with E-state index >= 15 is 0 Å². The van der Waals surface area contributed by atoms with Gasteiger partial charge in [0.05, 0.1) is 5.69 Å². The number of benzene rings is 1. The highest BCUT2D eigenvalue weighted by molar-refractivity contribution is 5.97. The zero-order valence-electron chi connectivity index (χ0n) is 13.8. The molecule has 0 bridgehead atoms. The average Bonchev–Trinajstić information content (AvgIpc) is 3.01. The number of hydrogen-bond acceptors (Lipinski definition) is 4. The fourth-order valence-corrected chi connectivity index (χ4v) is 2.84. The molecule has 1 aromatic carbocycles. The monoisotopic (exact) mass is 327 g/mol. The molecule has 1 atom stereocenters. The van der Waals surface area contributed by atoms with Crippen LogP contribution in [0.15, 0.2) is 30.3 Å². The van der Waals surface area contributed by atoms with Gasteiger partial charge in [-0.25, -0.2) is 4.98 Å². The highest BCUT2D eigenvalue weighted by Crippen LogP contribution is 2.24. The minimum atomic E-state index is -0.614. The summed E-state index contributed by atoms with van der Waals surface area (Å²) in [7, 11) is 1.54. The molecule has 2 heterocycles. The van der Waals surface area contributed by atoms with Crippen molar-refractivity contribution in [2.75, 3.05) is 13.6 Å². The third-order valence-corrected chi connectivity index (χ3v) is 4.11. The topological polar surface area (TPSA) is 88.1 Å². The Kier molecular flexibility index (Phi) is 4.61. The minimum Gasteiger partial charge on any atom is -0.357 e. The lowest BCUT2D eigenvalue weighted by Gasteiger charge is -2.19. The largest absolute Gasteiger partial charge is 0.357 e. The number of hydrogen-bond donors (Lipinski definition) is 3.